The van der Waals surface area contributed by atoms with E-state index in [1.807, 2.05) is 0 Å². The van der Waals surface area contributed by atoms with Gasteiger partial charge in [0.1, 0.15) is 0 Å². The van der Waals surface area contributed by atoms with E-state index >= 15 is 0 Å². The van der Waals surface area contributed by atoms with E-state index in [0.29, 0.717) is 0 Å². The first kappa shape index (κ1) is 12.4. The fourth-order valence-electron chi connectivity index (χ4n) is 4.20. The van der Waals surface area contributed by atoms with Crippen molar-refractivity contribution < 1.29 is 0 Å². The van der Waals surface area contributed by atoms with E-state index < -0.39 is 0 Å². The smallest absolute Gasteiger partial charge is 0.0185 e. The van der Waals surface area contributed by atoms with Crippen molar-refractivity contribution in [3.05, 3.63) is 0 Å². The fraction of sp³-hybridized carbons (Fsp3) is 1.00. The van der Waals surface area contributed by atoms with Crippen molar-refractivity contribution in [3.8, 4) is 0 Å². The van der Waals surface area contributed by atoms with Gasteiger partial charge in [-0.1, -0.05) is 39.5 Å². The van der Waals surface area contributed by atoms with Crippen LogP contribution in [0, 0.1) is 17.8 Å². The molecule has 0 aromatic rings. The first-order valence-corrected chi connectivity index (χ1v) is 7.39. The summed E-state index contributed by atoms with van der Waals surface area (Å²) in [6, 6.07) is 0. The Hall–Kier alpha value is -0.0400. The average molecular weight is 223 g/mol. The summed E-state index contributed by atoms with van der Waals surface area (Å²) in [6.45, 7) is 4.70. The van der Waals surface area contributed by atoms with Gasteiger partial charge in [-0.2, -0.15) is 0 Å². The average Bonchev–Trinajstić information content (AvgIpc) is 2.69. The lowest BCUT2D eigenvalue weighted by atomic mass is 9.67. The molecule has 0 aliphatic heterocycles. The quantitative estimate of drug-likeness (QED) is 0.765. The Morgan fingerprint density at radius 1 is 1.12 bits per heavy atom. The van der Waals surface area contributed by atoms with E-state index in [-0.39, 0.29) is 5.54 Å². The molecule has 0 radical (unpaired) electrons. The standard InChI is InChI=1S/C15H29N/c1-12(2)10-13-6-5-9-15(16,11-13)14-7-3-4-8-14/h12-14H,3-11,16H2,1-2H3. The van der Waals surface area contributed by atoms with Gasteiger partial charge in [-0.05, 0) is 49.9 Å². The van der Waals surface area contributed by atoms with Crippen molar-refractivity contribution in [2.75, 3.05) is 0 Å². The molecule has 2 saturated carbocycles. The molecule has 94 valence electrons. The maximum Gasteiger partial charge on any atom is 0.0185 e. The van der Waals surface area contributed by atoms with E-state index in [0.717, 1.165) is 17.8 Å². The number of rotatable bonds is 3. The van der Waals surface area contributed by atoms with Crippen LogP contribution in [0.25, 0.3) is 0 Å². The predicted octanol–water partition coefficient (Wildman–Crippen LogP) is 4.11. The van der Waals surface area contributed by atoms with Gasteiger partial charge < -0.3 is 5.73 Å². The molecule has 0 bridgehead atoms. The van der Waals surface area contributed by atoms with E-state index in [1.54, 1.807) is 0 Å². The lowest BCUT2D eigenvalue weighted by Crippen LogP contribution is -2.50. The zero-order valence-corrected chi connectivity index (χ0v) is 11.2. The fourth-order valence-corrected chi connectivity index (χ4v) is 4.20. The molecule has 2 aliphatic carbocycles. The molecule has 2 fully saturated rings. The van der Waals surface area contributed by atoms with E-state index in [9.17, 15) is 0 Å². The first-order valence-electron chi connectivity index (χ1n) is 7.39. The Bertz CT molecular complexity index is 217. The highest BCUT2D eigenvalue weighted by Gasteiger charge is 2.40. The molecule has 16 heavy (non-hydrogen) atoms. The number of hydrogen-bond acceptors (Lipinski definition) is 1. The van der Waals surface area contributed by atoms with E-state index in [4.69, 9.17) is 5.73 Å². The van der Waals surface area contributed by atoms with Gasteiger partial charge in [0.2, 0.25) is 0 Å². The highest BCUT2D eigenvalue weighted by atomic mass is 14.8. The largest absolute Gasteiger partial charge is 0.325 e. The van der Waals surface area contributed by atoms with Crippen molar-refractivity contribution in [3.63, 3.8) is 0 Å². The summed E-state index contributed by atoms with van der Waals surface area (Å²) < 4.78 is 0. The van der Waals surface area contributed by atoms with Crippen molar-refractivity contribution in [2.24, 2.45) is 23.5 Å². The van der Waals surface area contributed by atoms with Crippen molar-refractivity contribution in [1.82, 2.24) is 0 Å². The second kappa shape index (κ2) is 5.08. The molecule has 2 unspecified atom stereocenters. The zero-order chi connectivity index (χ0) is 11.6. The third-order valence-corrected chi connectivity index (χ3v) is 4.90. The summed E-state index contributed by atoms with van der Waals surface area (Å²) in [5, 5.41) is 0. The van der Waals surface area contributed by atoms with Crippen LogP contribution >= 0.6 is 0 Å². The monoisotopic (exact) mass is 223 g/mol. The zero-order valence-electron chi connectivity index (χ0n) is 11.2. The van der Waals surface area contributed by atoms with Gasteiger partial charge in [0.05, 0.1) is 0 Å². The third-order valence-electron chi connectivity index (χ3n) is 4.90. The van der Waals surface area contributed by atoms with Crippen LogP contribution in [0.2, 0.25) is 0 Å². The SMILES string of the molecule is CC(C)CC1CCCC(N)(C2CCCC2)C1. The molecule has 0 aromatic heterocycles. The Labute approximate surface area is 101 Å². The molecule has 0 spiro atoms. The molecule has 2 atom stereocenters. The molecule has 2 aliphatic rings. The van der Waals surface area contributed by atoms with Crippen LogP contribution in [0.4, 0.5) is 0 Å². The summed E-state index contributed by atoms with van der Waals surface area (Å²) in [5.41, 5.74) is 6.95. The molecular weight excluding hydrogens is 194 g/mol. The third kappa shape index (κ3) is 2.80. The Morgan fingerprint density at radius 3 is 2.44 bits per heavy atom. The summed E-state index contributed by atoms with van der Waals surface area (Å²) in [7, 11) is 0. The summed E-state index contributed by atoms with van der Waals surface area (Å²) in [5.74, 6) is 2.61. The van der Waals surface area contributed by atoms with Crippen LogP contribution in [0.1, 0.15) is 71.6 Å². The topological polar surface area (TPSA) is 26.0 Å². The second-order valence-corrected chi connectivity index (χ2v) is 6.81. The Morgan fingerprint density at radius 2 is 1.81 bits per heavy atom. The molecule has 0 amide bonds. The van der Waals surface area contributed by atoms with Gasteiger partial charge in [0.25, 0.3) is 0 Å². The lowest BCUT2D eigenvalue weighted by molar-refractivity contribution is 0.141. The van der Waals surface area contributed by atoms with Gasteiger partial charge in [-0.3, -0.25) is 0 Å². The van der Waals surface area contributed by atoms with Crippen LogP contribution < -0.4 is 5.73 Å². The van der Waals surface area contributed by atoms with Crippen molar-refractivity contribution in [1.29, 1.82) is 0 Å². The minimum Gasteiger partial charge on any atom is -0.325 e. The van der Waals surface area contributed by atoms with Crippen LogP contribution in [-0.4, -0.2) is 5.54 Å². The van der Waals surface area contributed by atoms with Crippen LogP contribution in [0.15, 0.2) is 0 Å². The van der Waals surface area contributed by atoms with E-state index in [1.165, 1.54) is 57.8 Å². The molecule has 1 heteroatoms. The van der Waals surface area contributed by atoms with Gasteiger partial charge in [0, 0.05) is 5.54 Å². The van der Waals surface area contributed by atoms with Crippen LogP contribution in [0.3, 0.4) is 0 Å². The van der Waals surface area contributed by atoms with Crippen molar-refractivity contribution >= 4 is 0 Å². The highest BCUT2D eigenvalue weighted by Crippen LogP contribution is 2.44. The lowest BCUT2D eigenvalue weighted by Gasteiger charge is -2.43. The maximum absolute atomic E-state index is 6.73. The molecular formula is C15H29N. The molecule has 0 aromatic carbocycles. The normalized spacial score (nSPS) is 37.1. The van der Waals surface area contributed by atoms with Gasteiger partial charge >= 0.3 is 0 Å². The molecule has 2 rings (SSSR count). The first-order chi connectivity index (χ1) is 7.60. The number of nitrogens with two attached hydrogens (primary N) is 1. The Kier molecular flexibility index (Phi) is 3.94. The minimum absolute atomic E-state index is 0.217. The summed E-state index contributed by atoms with van der Waals surface area (Å²) in [4.78, 5) is 0. The second-order valence-electron chi connectivity index (χ2n) is 6.81. The van der Waals surface area contributed by atoms with Crippen molar-refractivity contribution in [2.45, 2.75) is 77.2 Å². The van der Waals surface area contributed by atoms with Crippen LogP contribution in [0.5, 0.6) is 0 Å². The summed E-state index contributed by atoms with van der Waals surface area (Å²) >= 11 is 0. The van der Waals surface area contributed by atoms with Crippen LogP contribution in [-0.2, 0) is 0 Å². The van der Waals surface area contributed by atoms with E-state index in [2.05, 4.69) is 13.8 Å². The minimum atomic E-state index is 0.217. The van der Waals surface area contributed by atoms with Gasteiger partial charge in [0.15, 0.2) is 0 Å². The molecule has 0 saturated heterocycles. The Balaban J connectivity index is 1.93. The summed E-state index contributed by atoms with van der Waals surface area (Å²) in [6.07, 6.45) is 12.5. The van der Waals surface area contributed by atoms with Gasteiger partial charge in [-0.25, -0.2) is 0 Å². The predicted molar refractivity (Wildman–Crippen MR) is 70.3 cm³/mol. The molecule has 2 N–H and O–H groups in total. The highest BCUT2D eigenvalue weighted by molar-refractivity contribution is 4.97. The molecule has 0 heterocycles. The maximum atomic E-state index is 6.73. The number of hydrogen-bond donors (Lipinski definition) is 1. The molecule has 1 nitrogen and oxygen atoms in total. The van der Waals surface area contributed by atoms with Gasteiger partial charge in [-0.15, -0.1) is 0 Å².